The fourth-order valence-corrected chi connectivity index (χ4v) is 3.05. The summed E-state index contributed by atoms with van der Waals surface area (Å²) in [7, 11) is 5.60. The van der Waals surface area contributed by atoms with Gasteiger partial charge in [0.25, 0.3) is 0 Å². The van der Waals surface area contributed by atoms with Crippen molar-refractivity contribution in [3.63, 3.8) is 0 Å². The summed E-state index contributed by atoms with van der Waals surface area (Å²) in [4.78, 5) is 7.29. The number of rotatable bonds is 4. The van der Waals surface area contributed by atoms with Gasteiger partial charge < -0.3 is 9.64 Å². The highest BCUT2D eigenvalue weighted by Crippen LogP contribution is 2.28. The molecule has 0 radical (unpaired) electrons. The van der Waals surface area contributed by atoms with Crippen LogP contribution in [-0.4, -0.2) is 35.8 Å². The molecule has 0 amide bonds. The van der Waals surface area contributed by atoms with Gasteiger partial charge in [-0.2, -0.15) is 14.9 Å². The molecular weight excluding hydrogens is 298 g/mol. The normalized spacial score (nSPS) is 10.8. The van der Waals surface area contributed by atoms with E-state index in [0.717, 1.165) is 16.3 Å². The van der Waals surface area contributed by atoms with E-state index >= 15 is 0 Å². The van der Waals surface area contributed by atoms with Gasteiger partial charge in [-0.25, -0.2) is 4.98 Å². The van der Waals surface area contributed by atoms with E-state index in [-0.39, 0.29) is 0 Å². The number of nitriles is 1. The minimum Gasteiger partial charge on any atom is -0.378 e. The molecule has 0 aliphatic carbocycles. The summed E-state index contributed by atoms with van der Waals surface area (Å²) >= 11 is 1.43. The fourth-order valence-electron chi connectivity index (χ4n) is 2.19. The molecule has 0 N–H and O–H groups in total. The molecule has 6 nitrogen and oxygen atoms in total. The van der Waals surface area contributed by atoms with Crippen LogP contribution in [0.2, 0.25) is 0 Å². The lowest BCUT2D eigenvalue weighted by Gasteiger charge is -2.12. The first-order valence-corrected chi connectivity index (χ1v) is 7.51. The third-order valence-electron chi connectivity index (χ3n) is 3.28. The quantitative estimate of drug-likeness (QED) is 0.740. The zero-order valence-electron chi connectivity index (χ0n) is 12.6. The molecule has 22 heavy (non-hydrogen) atoms. The third-order valence-corrected chi connectivity index (χ3v) is 4.16. The van der Waals surface area contributed by atoms with Gasteiger partial charge in [0, 0.05) is 32.5 Å². The van der Waals surface area contributed by atoms with Crippen LogP contribution in [0.15, 0.2) is 24.3 Å². The van der Waals surface area contributed by atoms with Crippen LogP contribution in [-0.2, 0) is 11.3 Å². The SMILES string of the molecule is COCc1nn2c(C#N)c(-c3ccc(N(C)C)cc3)nc2s1. The Morgan fingerprint density at radius 3 is 2.64 bits per heavy atom. The molecular formula is C15H15N5OS. The van der Waals surface area contributed by atoms with Crippen LogP contribution in [0.1, 0.15) is 10.7 Å². The third kappa shape index (κ3) is 2.43. The van der Waals surface area contributed by atoms with Crippen molar-refractivity contribution >= 4 is 22.0 Å². The van der Waals surface area contributed by atoms with Gasteiger partial charge in [0.2, 0.25) is 4.96 Å². The Kier molecular flexibility index (Phi) is 3.79. The highest BCUT2D eigenvalue weighted by molar-refractivity contribution is 7.16. The predicted molar refractivity (Wildman–Crippen MR) is 86.1 cm³/mol. The first kappa shape index (κ1) is 14.5. The lowest BCUT2D eigenvalue weighted by Crippen LogP contribution is -2.07. The number of hydrogen-bond donors (Lipinski definition) is 0. The van der Waals surface area contributed by atoms with E-state index in [9.17, 15) is 5.26 Å². The molecule has 2 aromatic heterocycles. The Balaban J connectivity index is 2.07. The average Bonchev–Trinajstić information content (AvgIpc) is 3.04. The number of fused-ring (bicyclic) bond motifs is 1. The van der Waals surface area contributed by atoms with Gasteiger partial charge in [-0.3, -0.25) is 0 Å². The summed E-state index contributed by atoms with van der Waals surface area (Å²) in [5, 5.41) is 14.6. The Morgan fingerprint density at radius 2 is 2.05 bits per heavy atom. The van der Waals surface area contributed by atoms with Crippen molar-refractivity contribution in [3.8, 4) is 17.3 Å². The van der Waals surface area contributed by atoms with Gasteiger partial charge >= 0.3 is 0 Å². The Morgan fingerprint density at radius 1 is 1.32 bits per heavy atom. The fraction of sp³-hybridized carbons (Fsp3) is 0.267. The van der Waals surface area contributed by atoms with Crippen molar-refractivity contribution < 1.29 is 4.74 Å². The zero-order chi connectivity index (χ0) is 15.7. The second-order valence-corrected chi connectivity index (χ2v) is 6.03. The molecule has 2 heterocycles. The molecule has 0 atom stereocenters. The molecule has 0 fully saturated rings. The molecule has 112 valence electrons. The number of imidazole rings is 1. The van der Waals surface area contributed by atoms with Gasteiger partial charge in [0.1, 0.15) is 16.8 Å². The van der Waals surface area contributed by atoms with E-state index in [1.54, 1.807) is 11.6 Å². The molecule has 0 unspecified atom stereocenters. The predicted octanol–water partition coefficient (Wildman–Crippen LogP) is 2.54. The van der Waals surface area contributed by atoms with E-state index in [1.807, 2.05) is 43.3 Å². The Labute approximate surface area is 132 Å². The molecule has 0 saturated carbocycles. The lowest BCUT2D eigenvalue weighted by atomic mass is 10.1. The molecule has 1 aromatic carbocycles. The van der Waals surface area contributed by atoms with E-state index < -0.39 is 0 Å². The summed E-state index contributed by atoms with van der Waals surface area (Å²) in [6.07, 6.45) is 0. The van der Waals surface area contributed by atoms with E-state index in [0.29, 0.717) is 23.0 Å². The second kappa shape index (κ2) is 5.75. The summed E-state index contributed by atoms with van der Waals surface area (Å²) in [6.45, 7) is 0.422. The van der Waals surface area contributed by atoms with Crippen LogP contribution >= 0.6 is 11.3 Å². The Hall–Kier alpha value is -2.43. The zero-order valence-corrected chi connectivity index (χ0v) is 13.4. The van der Waals surface area contributed by atoms with Crippen molar-refractivity contribution in [1.82, 2.24) is 14.6 Å². The smallest absolute Gasteiger partial charge is 0.214 e. The standard InChI is InChI=1S/C15H15N5OS/c1-19(2)11-6-4-10(5-7-11)14-12(8-16)20-15(17-14)22-13(18-20)9-21-3/h4-7H,9H2,1-3H3. The molecule has 0 saturated heterocycles. The van der Waals surface area contributed by atoms with Crippen LogP contribution in [0.25, 0.3) is 16.2 Å². The summed E-state index contributed by atoms with van der Waals surface area (Å²) < 4.78 is 6.66. The number of aromatic nitrogens is 3. The van der Waals surface area contributed by atoms with Crippen molar-refractivity contribution in [2.24, 2.45) is 0 Å². The van der Waals surface area contributed by atoms with E-state index in [1.165, 1.54) is 11.3 Å². The molecule has 0 bridgehead atoms. The lowest BCUT2D eigenvalue weighted by molar-refractivity contribution is 0.183. The monoisotopic (exact) mass is 313 g/mol. The van der Waals surface area contributed by atoms with Crippen molar-refractivity contribution in [3.05, 3.63) is 35.0 Å². The number of methoxy groups -OCH3 is 1. The number of benzene rings is 1. The van der Waals surface area contributed by atoms with Crippen LogP contribution in [0.3, 0.4) is 0 Å². The van der Waals surface area contributed by atoms with E-state index in [4.69, 9.17) is 4.74 Å². The van der Waals surface area contributed by atoms with Gasteiger partial charge in [0.05, 0.1) is 6.61 Å². The summed E-state index contributed by atoms with van der Waals surface area (Å²) in [6, 6.07) is 10.2. The highest BCUT2D eigenvalue weighted by Gasteiger charge is 2.17. The molecule has 3 rings (SSSR count). The maximum absolute atomic E-state index is 9.46. The molecule has 0 aliphatic heterocycles. The molecule has 7 heteroatoms. The van der Waals surface area contributed by atoms with Gasteiger partial charge in [-0.15, -0.1) is 0 Å². The minimum atomic E-state index is 0.422. The maximum Gasteiger partial charge on any atom is 0.214 e. The number of hydrogen-bond acceptors (Lipinski definition) is 6. The van der Waals surface area contributed by atoms with Crippen molar-refractivity contribution in [2.45, 2.75) is 6.61 Å². The minimum absolute atomic E-state index is 0.422. The highest BCUT2D eigenvalue weighted by atomic mass is 32.1. The van der Waals surface area contributed by atoms with Crippen LogP contribution in [0.4, 0.5) is 5.69 Å². The van der Waals surface area contributed by atoms with Gasteiger partial charge in [-0.05, 0) is 12.1 Å². The van der Waals surface area contributed by atoms with Crippen molar-refractivity contribution in [1.29, 1.82) is 5.26 Å². The molecule has 0 aliphatic rings. The van der Waals surface area contributed by atoms with Crippen LogP contribution in [0.5, 0.6) is 0 Å². The number of anilines is 1. The topological polar surface area (TPSA) is 66.5 Å². The van der Waals surface area contributed by atoms with Crippen molar-refractivity contribution in [2.75, 3.05) is 26.1 Å². The summed E-state index contributed by atoms with van der Waals surface area (Å²) in [5.41, 5.74) is 3.12. The number of nitrogens with zero attached hydrogens (tertiary/aromatic N) is 5. The largest absolute Gasteiger partial charge is 0.378 e. The summed E-state index contributed by atoms with van der Waals surface area (Å²) in [5.74, 6) is 0. The van der Waals surface area contributed by atoms with E-state index in [2.05, 4.69) is 16.2 Å². The first-order valence-electron chi connectivity index (χ1n) is 6.69. The number of ether oxygens (including phenoxy) is 1. The maximum atomic E-state index is 9.46. The second-order valence-electron chi connectivity index (χ2n) is 4.99. The van der Waals surface area contributed by atoms with Crippen LogP contribution in [0, 0.1) is 11.3 Å². The molecule has 3 aromatic rings. The Bertz CT molecular complexity index is 841. The van der Waals surface area contributed by atoms with Gasteiger partial charge in [-0.1, -0.05) is 23.5 Å². The van der Waals surface area contributed by atoms with Gasteiger partial charge in [0.15, 0.2) is 5.69 Å². The first-order chi connectivity index (χ1) is 10.6. The average molecular weight is 313 g/mol. The molecule has 0 spiro atoms. The van der Waals surface area contributed by atoms with Crippen LogP contribution < -0.4 is 4.90 Å².